The van der Waals surface area contributed by atoms with E-state index in [1.54, 1.807) is 0 Å². The molecule has 0 bridgehead atoms. The number of hydrogen-bond acceptors (Lipinski definition) is 6. The molecule has 6 nitrogen and oxygen atoms in total. The Bertz CT molecular complexity index is 729. The van der Waals surface area contributed by atoms with Gasteiger partial charge in [-0.25, -0.2) is 0 Å². The van der Waals surface area contributed by atoms with E-state index in [1.165, 1.54) is 18.2 Å². The molecular formula is C13H5K3O6. The molecule has 0 heterocycles. The third-order valence-electron chi connectivity index (χ3n) is 2.65. The predicted octanol–water partition coefficient (Wildman–Crippen LogP) is -11.1. The monoisotopic (exact) mass is 374 g/mol. The van der Waals surface area contributed by atoms with E-state index in [-0.39, 0.29) is 176 Å². The minimum atomic E-state index is -1.68. The molecule has 22 heavy (non-hydrogen) atoms. The summed E-state index contributed by atoms with van der Waals surface area (Å²) in [6.07, 6.45) is 0. The van der Waals surface area contributed by atoms with Gasteiger partial charge in [0.25, 0.3) is 0 Å². The van der Waals surface area contributed by atoms with Crippen LogP contribution in [-0.2, 0) is 0 Å². The van der Waals surface area contributed by atoms with Gasteiger partial charge >= 0.3 is 154 Å². The van der Waals surface area contributed by atoms with Crippen LogP contribution in [0.3, 0.4) is 0 Å². The minimum Gasteiger partial charge on any atom is -0.545 e. The second kappa shape index (κ2) is 11.6. The summed E-state index contributed by atoms with van der Waals surface area (Å²) < 4.78 is 0. The van der Waals surface area contributed by atoms with Crippen molar-refractivity contribution in [2.75, 3.05) is 0 Å². The average Bonchev–Trinajstić information content (AvgIpc) is 2.36. The van der Waals surface area contributed by atoms with Crippen molar-refractivity contribution < 1.29 is 184 Å². The number of carboxylic acids is 3. The number of aromatic carboxylic acids is 3. The SMILES string of the molecule is O=C([O-])c1cc(C(=O)[O-])c2c(C(=O)[O-])cccc2c1.[K+].[K+].[K+]. The fraction of sp³-hybridized carbons (Fsp3) is 0. The van der Waals surface area contributed by atoms with E-state index in [1.807, 2.05) is 0 Å². The summed E-state index contributed by atoms with van der Waals surface area (Å²) in [6, 6.07) is 5.85. The van der Waals surface area contributed by atoms with Crippen LogP contribution in [0.5, 0.6) is 0 Å². The van der Waals surface area contributed by atoms with Crippen LogP contribution < -0.4 is 169 Å². The van der Waals surface area contributed by atoms with E-state index < -0.39 is 23.5 Å². The van der Waals surface area contributed by atoms with Gasteiger partial charge in [0.1, 0.15) is 0 Å². The standard InChI is InChI=1S/C13H8O6.3K/c14-11(15)7-4-6-2-1-3-8(12(16)17)10(6)9(5-7)13(18)19;;;/h1-5H,(H,14,15)(H,16,17)(H,18,19);;;/q;3*+1/p-3. The molecule has 0 aliphatic heterocycles. The molecule has 0 fully saturated rings. The Morgan fingerprint density at radius 1 is 0.727 bits per heavy atom. The van der Waals surface area contributed by atoms with Gasteiger partial charge in [-0.05, 0) is 28.5 Å². The van der Waals surface area contributed by atoms with E-state index in [0.717, 1.165) is 12.1 Å². The summed E-state index contributed by atoms with van der Waals surface area (Å²) >= 11 is 0. The zero-order valence-electron chi connectivity index (χ0n) is 12.3. The molecule has 2 aromatic carbocycles. The van der Waals surface area contributed by atoms with Crippen LogP contribution in [-0.4, -0.2) is 17.9 Å². The predicted molar refractivity (Wildman–Crippen MR) is 56.9 cm³/mol. The van der Waals surface area contributed by atoms with Crippen LogP contribution >= 0.6 is 0 Å². The van der Waals surface area contributed by atoms with Crippen LogP contribution in [0.15, 0.2) is 30.3 Å². The fourth-order valence-corrected chi connectivity index (χ4v) is 1.88. The maximum atomic E-state index is 11.0. The number of carbonyl (C=O) groups is 3. The molecular weight excluding hydrogens is 369 g/mol. The largest absolute Gasteiger partial charge is 1.00 e. The van der Waals surface area contributed by atoms with E-state index in [9.17, 15) is 29.7 Å². The smallest absolute Gasteiger partial charge is 0.545 e. The van der Waals surface area contributed by atoms with Crippen molar-refractivity contribution in [3.63, 3.8) is 0 Å². The maximum Gasteiger partial charge on any atom is 1.00 e. The Morgan fingerprint density at radius 3 is 1.73 bits per heavy atom. The second-order valence-electron chi connectivity index (χ2n) is 3.79. The third-order valence-corrected chi connectivity index (χ3v) is 2.65. The number of carboxylic acid groups (broad SMARTS) is 3. The number of carbonyl (C=O) groups excluding carboxylic acids is 3. The van der Waals surface area contributed by atoms with Crippen molar-refractivity contribution in [1.29, 1.82) is 0 Å². The Kier molecular flexibility index (Phi) is 13.8. The molecule has 0 amide bonds. The fourth-order valence-electron chi connectivity index (χ4n) is 1.88. The summed E-state index contributed by atoms with van der Waals surface area (Å²) in [7, 11) is 0. The molecule has 0 aliphatic rings. The van der Waals surface area contributed by atoms with Gasteiger partial charge in [-0.3, -0.25) is 0 Å². The molecule has 0 unspecified atom stereocenters. The molecule has 2 rings (SSSR count). The first kappa shape index (κ1) is 26.3. The molecule has 0 saturated heterocycles. The average molecular weight is 374 g/mol. The molecule has 9 heteroatoms. The van der Waals surface area contributed by atoms with Crippen LogP contribution in [0.1, 0.15) is 31.1 Å². The summed E-state index contributed by atoms with van der Waals surface area (Å²) in [4.78, 5) is 32.8. The zero-order chi connectivity index (χ0) is 14.2. The van der Waals surface area contributed by atoms with E-state index in [2.05, 4.69) is 0 Å². The van der Waals surface area contributed by atoms with Gasteiger partial charge < -0.3 is 29.7 Å². The molecule has 2 aromatic rings. The summed E-state index contributed by atoms with van der Waals surface area (Å²) in [5.41, 5.74) is -1.25. The molecule has 0 saturated carbocycles. The van der Waals surface area contributed by atoms with Gasteiger partial charge in [0.2, 0.25) is 0 Å². The molecule has 0 spiro atoms. The molecule has 0 radical (unpaired) electrons. The summed E-state index contributed by atoms with van der Waals surface area (Å²) in [6.45, 7) is 0. The Balaban J connectivity index is 0. The van der Waals surface area contributed by atoms with Crippen molar-refractivity contribution in [1.82, 2.24) is 0 Å². The van der Waals surface area contributed by atoms with Gasteiger partial charge in [0.15, 0.2) is 0 Å². The molecule has 96 valence electrons. The summed E-state index contributed by atoms with van der Waals surface area (Å²) in [5, 5.41) is 32.8. The zero-order valence-corrected chi connectivity index (χ0v) is 21.7. The van der Waals surface area contributed by atoms with Gasteiger partial charge in [0, 0.05) is 11.1 Å². The Labute approximate surface area is 253 Å². The van der Waals surface area contributed by atoms with Crippen molar-refractivity contribution >= 4 is 28.7 Å². The van der Waals surface area contributed by atoms with Crippen LogP contribution in [0.25, 0.3) is 10.8 Å². The minimum absolute atomic E-state index is 0. The Morgan fingerprint density at radius 2 is 1.27 bits per heavy atom. The van der Waals surface area contributed by atoms with E-state index >= 15 is 0 Å². The third kappa shape index (κ3) is 6.07. The van der Waals surface area contributed by atoms with Crippen molar-refractivity contribution in [2.24, 2.45) is 0 Å². The maximum absolute atomic E-state index is 11.0. The topological polar surface area (TPSA) is 120 Å². The number of hydrogen-bond donors (Lipinski definition) is 0. The van der Waals surface area contributed by atoms with Crippen molar-refractivity contribution in [3.8, 4) is 0 Å². The van der Waals surface area contributed by atoms with Crippen LogP contribution in [0.2, 0.25) is 0 Å². The summed E-state index contributed by atoms with van der Waals surface area (Å²) in [5.74, 6) is -4.81. The quantitative estimate of drug-likeness (QED) is 0.492. The second-order valence-corrected chi connectivity index (χ2v) is 3.79. The van der Waals surface area contributed by atoms with E-state index in [0.29, 0.717) is 0 Å². The first-order chi connectivity index (χ1) is 8.91. The van der Waals surface area contributed by atoms with Crippen molar-refractivity contribution in [2.45, 2.75) is 0 Å². The normalized spacial score (nSPS) is 8.91. The number of benzene rings is 2. The molecule has 0 N–H and O–H groups in total. The van der Waals surface area contributed by atoms with Crippen molar-refractivity contribution in [3.05, 3.63) is 47.0 Å². The molecule has 0 atom stereocenters. The first-order valence-electron chi connectivity index (χ1n) is 5.12. The molecule has 0 aliphatic carbocycles. The van der Waals surface area contributed by atoms with Gasteiger partial charge in [-0.1, -0.05) is 18.2 Å². The van der Waals surface area contributed by atoms with Gasteiger partial charge in [-0.2, -0.15) is 0 Å². The molecule has 0 aromatic heterocycles. The number of fused-ring (bicyclic) bond motifs is 1. The van der Waals surface area contributed by atoms with E-state index in [4.69, 9.17) is 0 Å². The number of rotatable bonds is 3. The van der Waals surface area contributed by atoms with Gasteiger partial charge in [-0.15, -0.1) is 0 Å². The first-order valence-corrected chi connectivity index (χ1v) is 5.12. The Hall–Kier alpha value is 2.02. The van der Waals surface area contributed by atoms with Crippen LogP contribution in [0.4, 0.5) is 0 Å². The van der Waals surface area contributed by atoms with Gasteiger partial charge in [0.05, 0.1) is 17.9 Å². The van der Waals surface area contributed by atoms with Crippen LogP contribution in [0, 0.1) is 0 Å².